The molecule has 0 radical (unpaired) electrons. The number of nitrogens with zero attached hydrogens (tertiary/aromatic N) is 1. The molecule has 0 amide bonds. The summed E-state index contributed by atoms with van der Waals surface area (Å²) in [5, 5.41) is 8.79. The van der Waals surface area contributed by atoms with Crippen molar-refractivity contribution >= 4 is 0 Å². The highest BCUT2D eigenvalue weighted by Gasteiger charge is 2.09. The van der Waals surface area contributed by atoms with Gasteiger partial charge in [0.15, 0.2) is 0 Å². The predicted octanol–water partition coefficient (Wildman–Crippen LogP) is 2.66. The van der Waals surface area contributed by atoms with Crippen molar-refractivity contribution in [2.75, 3.05) is 20.8 Å². The molecule has 0 aliphatic heterocycles. The molecule has 1 rings (SSSR count). The van der Waals surface area contributed by atoms with Crippen LogP contribution in [0.5, 0.6) is 5.75 Å². The van der Waals surface area contributed by atoms with Gasteiger partial charge in [0.05, 0.1) is 19.3 Å². The average molecular weight is 275 g/mol. The smallest absolute Gasteiger partial charge is 0.134 e. The quantitative estimate of drug-likeness (QED) is 0.810. The van der Waals surface area contributed by atoms with Crippen LogP contribution in [0.25, 0.3) is 0 Å². The summed E-state index contributed by atoms with van der Waals surface area (Å²) in [5.41, 5.74) is 2.11. The first-order valence-corrected chi connectivity index (χ1v) is 7.09. The van der Waals surface area contributed by atoms with E-state index in [1.54, 1.807) is 7.11 Å². The third kappa shape index (κ3) is 4.88. The third-order valence-electron chi connectivity index (χ3n) is 3.50. The number of benzene rings is 1. The number of hydrogen-bond donors (Lipinski definition) is 1. The average Bonchev–Trinajstić information content (AvgIpc) is 2.47. The summed E-state index contributed by atoms with van der Waals surface area (Å²) < 4.78 is 5.33. The molecule has 0 aliphatic carbocycles. The second kappa shape index (κ2) is 8.63. The monoisotopic (exact) mass is 275 g/mol. The molecule has 1 unspecified atom stereocenters. The maximum absolute atomic E-state index is 8.79. The number of rotatable bonds is 6. The van der Waals surface area contributed by atoms with E-state index in [0.717, 1.165) is 24.3 Å². The molecule has 20 heavy (non-hydrogen) atoms. The molecule has 0 saturated heterocycles. The molecule has 1 aromatic carbocycles. The highest BCUT2D eigenvalue weighted by atomic mass is 16.5. The molecule has 0 bridgehead atoms. The highest BCUT2D eigenvalue weighted by Crippen LogP contribution is 2.20. The van der Waals surface area contributed by atoms with Gasteiger partial charge in [-0.25, -0.2) is 0 Å². The summed E-state index contributed by atoms with van der Waals surface area (Å²) in [7, 11) is 3.78. The van der Waals surface area contributed by atoms with Crippen molar-refractivity contribution in [2.45, 2.75) is 39.3 Å². The summed E-state index contributed by atoms with van der Waals surface area (Å²) in [6, 6.07) is 6.67. The number of methoxy groups -OCH3 is 1. The van der Waals surface area contributed by atoms with E-state index in [2.05, 4.69) is 49.8 Å². The Hall–Kier alpha value is -1.50. The van der Waals surface area contributed by atoms with Crippen molar-refractivity contribution in [1.82, 2.24) is 4.90 Å². The lowest BCUT2D eigenvalue weighted by Gasteiger charge is -2.23. The number of ether oxygens (including phenoxy) is 1. The molecule has 0 fully saturated rings. The zero-order valence-corrected chi connectivity index (χ0v) is 12.9. The summed E-state index contributed by atoms with van der Waals surface area (Å²) in [6.07, 6.45) is 1.62. The molecule has 1 aromatic rings. The Morgan fingerprint density at radius 1 is 1.40 bits per heavy atom. The zero-order valence-electron chi connectivity index (χ0n) is 12.9. The number of aliphatic hydroxyl groups excluding tert-OH is 1. The van der Waals surface area contributed by atoms with Gasteiger partial charge < -0.3 is 9.84 Å². The second-order valence-corrected chi connectivity index (χ2v) is 4.98. The minimum absolute atomic E-state index is 0.0890. The lowest BCUT2D eigenvalue weighted by atomic mass is 10.1. The van der Waals surface area contributed by atoms with Crippen molar-refractivity contribution < 1.29 is 9.84 Å². The Morgan fingerprint density at radius 3 is 2.75 bits per heavy atom. The van der Waals surface area contributed by atoms with E-state index in [1.807, 2.05) is 6.07 Å². The maximum atomic E-state index is 8.79. The molecule has 0 saturated carbocycles. The van der Waals surface area contributed by atoms with Crippen molar-refractivity contribution in [3.05, 3.63) is 29.3 Å². The van der Waals surface area contributed by atoms with Crippen LogP contribution in [-0.2, 0) is 6.54 Å². The second-order valence-electron chi connectivity index (χ2n) is 4.98. The minimum Gasteiger partial charge on any atom is -0.495 e. The van der Waals surface area contributed by atoms with Crippen molar-refractivity contribution in [3.8, 4) is 17.6 Å². The molecule has 1 atom stereocenters. The Morgan fingerprint density at radius 2 is 2.15 bits per heavy atom. The van der Waals surface area contributed by atoms with Gasteiger partial charge in [0, 0.05) is 19.0 Å². The third-order valence-corrected chi connectivity index (χ3v) is 3.50. The van der Waals surface area contributed by atoms with Gasteiger partial charge in [0.1, 0.15) is 5.75 Å². The Labute approximate surface area is 122 Å². The molecule has 0 heterocycles. The van der Waals surface area contributed by atoms with E-state index in [-0.39, 0.29) is 6.61 Å². The molecule has 0 spiro atoms. The topological polar surface area (TPSA) is 32.7 Å². The number of aliphatic hydroxyl groups is 1. The van der Waals surface area contributed by atoms with Crippen LogP contribution in [0.2, 0.25) is 0 Å². The first kappa shape index (κ1) is 16.6. The summed E-state index contributed by atoms with van der Waals surface area (Å²) >= 11 is 0. The van der Waals surface area contributed by atoms with Gasteiger partial charge in [-0.1, -0.05) is 24.8 Å². The van der Waals surface area contributed by atoms with Crippen LogP contribution in [0.15, 0.2) is 18.2 Å². The highest BCUT2D eigenvalue weighted by molar-refractivity contribution is 5.48. The van der Waals surface area contributed by atoms with Gasteiger partial charge >= 0.3 is 0 Å². The van der Waals surface area contributed by atoms with Crippen LogP contribution < -0.4 is 4.74 Å². The van der Waals surface area contributed by atoms with Gasteiger partial charge in [-0.05, 0) is 38.1 Å². The zero-order chi connectivity index (χ0) is 15.0. The fraction of sp³-hybridized carbons (Fsp3) is 0.529. The number of hydrogen-bond acceptors (Lipinski definition) is 3. The Bertz CT molecular complexity index is 474. The van der Waals surface area contributed by atoms with Crippen LogP contribution in [0.1, 0.15) is 37.8 Å². The van der Waals surface area contributed by atoms with Crippen LogP contribution in [-0.4, -0.2) is 36.8 Å². The van der Waals surface area contributed by atoms with E-state index in [1.165, 1.54) is 5.56 Å². The van der Waals surface area contributed by atoms with Crippen LogP contribution in [0.3, 0.4) is 0 Å². The predicted molar refractivity (Wildman–Crippen MR) is 82.8 cm³/mol. The van der Waals surface area contributed by atoms with Crippen LogP contribution >= 0.6 is 0 Å². The summed E-state index contributed by atoms with van der Waals surface area (Å²) in [6.45, 7) is 5.41. The molecule has 0 aromatic heterocycles. The molecule has 1 N–H and O–H groups in total. The molecule has 3 heteroatoms. The van der Waals surface area contributed by atoms with Crippen molar-refractivity contribution in [2.24, 2.45) is 0 Å². The normalized spacial score (nSPS) is 11.9. The SMILES string of the molecule is CCC(C)N(C)Cc1ccc(OC)c(C#CCCO)c1. The van der Waals surface area contributed by atoms with Gasteiger partial charge in [-0.15, -0.1) is 0 Å². The Kier molecular flexibility index (Phi) is 7.14. The largest absolute Gasteiger partial charge is 0.495 e. The first-order valence-electron chi connectivity index (χ1n) is 7.09. The van der Waals surface area contributed by atoms with E-state index < -0.39 is 0 Å². The Balaban J connectivity index is 2.90. The van der Waals surface area contributed by atoms with Crippen molar-refractivity contribution in [1.29, 1.82) is 0 Å². The summed E-state index contributed by atoms with van der Waals surface area (Å²) in [4.78, 5) is 2.33. The van der Waals surface area contributed by atoms with E-state index in [9.17, 15) is 0 Å². The van der Waals surface area contributed by atoms with E-state index >= 15 is 0 Å². The maximum Gasteiger partial charge on any atom is 0.134 e. The molecular weight excluding hydrogens is 250 g/mol. The standard InChI is InChI=1S/C17H25NO2/c1-5-14(2)18(3)13-15-9-10-17(20-4)16(12-15)8-6-7-11-19/h9-10,12,14,19H,5,7,11,13H2,1-4H3. The van der Waals surface area contributed by atoms with Crippen LogP contribution in [0, 0.1) is 11.8 Å². The van der Waals surface area contributed by atoms with E-state index in [0.29, 0.717) is 12.5 Å². The molecule has 0 aliphatic rings. The molecular formula is C17H25NO2. The molecule has 3 nitrogen and oxygen atoms in total. The van der Waals surface area contributed by atoms with Gasteiger partial charge in [-0.3, -0.25) is 4.90 Å². The fourth-order valence-corrected chi connectivity index (χ4v) is 1.92. The fourth-order valence-electron chi connectivity index (χ4n) is 1.92. The minimum atomic E-state index is 0.0890. The van der Waals surface area contributed by atoms with Gasteiger partial charge in [0.25, 0.3) is 0 Å². The summed E-state index contributed by atoms with van der Waals surface area (Å²) in [5.74, 6) is 6.80. The van der Waals surface area contributed by atoms with Gasteiger partial charge in [0.2, 0.25) is 0 Å². The molecule has 110 valence electrons. The van der Waals surface area contributed by atoms with E-state index in [4.69, 9.17) is 9.84 Å². The lowest BCUT2D eigenvalue weighted by Crippen LogP contribution is -2.27. The lowest BCUT2D eigenvalue weighted by molar-refractivity contribution is 0.244. The first-order chi connectivity index (χ1) is 9.62. The van der Waals surface area contributed by atoms with Crippen molar-refractivity contribution in [3.63, 3.8) is 0 Å². The van der Waals surface area contributed by atoms with Crippen LogP contribution in [0.4, 0.5) is 0 Å². The van der Waals surface area contributed by atoms with Gasteiger partial charge in [-0.2, -0.15) is 0 Å².